The number of rotatable bonds is 5. The lowest BCUT2D eigenvalue weighted by molar-refractivity contribution is 0.234. The van der Waals surface area contributed by atoms with Gasteiger partial charge in [-0.1, -0.05) is 26.8 Å². The zero-order valence-corrected chi connectivity index (χ0v) is 11.8. The fraction of sp³-hybridized carbons (Fsp3) is 0.571. The highest BCUT2D eigenvalue weighted by Gasteiger charge is 2.11. The average Bonchev–Trinajstić information content (AvgIpc) is 2.27. The molecule has 0 unspecified atom stereocenters. The molecule has 1 aromatic carbocycles. The normalized spacial score (nSPS) is 11.4. The van der Waals surface area contributed by atoms with E-state index in [4.69, 9.17) is 21.1 Å². The van der Waals surface area contributed by atoms with Gasteiger partial charge in [-0.2, -0.15) is 0 Å². The quantitative estimate of drug-likeness (QED) is 0.734. The van der Waals surface area contributed by atoms with Gasteiger partial charge in [-0.15, -0.1) is 11.6 Å². The maximum atomic E-state index is 5.80. The van der Waals surface area contributed by atoms with Crippen LogP contribution in [0, 0.1) is 5.41 Å². The standard InChI is InChI=1S/C14H21ClO2/c1-14(2,3)7-8-17-13-9-11(10-15)5-6-12(13)16-4/h5-6,9H,7-8,10H2,1-4H3. The Morgan fingerprint density at radius 3 is 2.41 bits per heavy atom. The molecule has 0 aliphatic carbocycles. The molecule has 17 heavy (non-hydrogen) atoms. The first kappa shape index (κ1) is 14.2. The summed E-state index contributed by atoms with van der Waals surface area (Å²) in [6.45, 7) is 7.28. The number of ether oxygens (including phenoxy) is 2. The summed E-state index contributed by atoms with van der Waals surface area (Å²) >= 11 is 5.80. The van der Waals surface area contributed by atoms with Gasteiger partial charge >= 0.3 is 0 Å². The van der Waals surface area contributed by atoms with Crippen LogP contribution in [-0.2, 0) is 5.88 Å². The molecule has 0 saturated carbocycles. The predicted octanol–water partition coefficient (Wildman–Crippen LogP) is 4.25. The van der Waals surface area contributed by atoms with Crippen LogP contribution in [0.3, 0.4) is 0 Å². The first-order valence-electron chi connectivity index (χ1n) is 5.82. The van der Waals surface area contributed by atoms with E-state index < -0.39 is 0 Å². The van der Waals surface area contributed by atoms with Crippen LogP contribution in [0.4, 0.5) is 0 Å². The van der Waals surface area contributed by atoms with Gasteiger partial charge in [-0.05, 0) is 29.5 Å². The van der Waals surface area contributed by atoms with Gasteiger partial charge in [-0.25, -0.2) is 0 Å². The molecule has 0 saturated heterocycles. The first-order chi connectivity index (χ1) is 7.96. The topological polar surface area (TPSA) is 18.5 Å². The van der Waals surface area contributed by atoms with Gasteiger partial charge in [0.15, 0.2) is 11.5 Å². The molecule has 0 radical (unpaired) electrons. The number of benzene rings is 1. The van der Waals surface area contributed by atoms with Crippen LogP contribution >= 0.6 is 11.6 Å². The molecule has 0 spiro atoms. The number of methoxy groups -OCH3 is 1. The smallest absolute Gasteiger partial charge is 0.161 e. The lowest BCUT2D eigenvalue weighted by Gasteiger charge is -2.19. The zero-order valence-electron chi connectivity index (χ0n) is 11.0. The number of hydrogen-bond donors (Lipinski definition) is 0. The Balaban J connectivity index is 2.68. The number of hydrogen-bond acceptors (Lipinski definition) is 2. The van der Waals surface area contributed by atoms with Crippen molar-refractivity contribution in [1.29, 1.82) is 0 Å². The third-order valence-corrected chi connectivity index (χ3v) is 2.80. The largest absolute Gasteiger partial charge is 0.493 e. The molecule has 3 heteroatoms. The molecule has 1 rings (SSSR count). The molecule has 0 heterocycles. The first-order valence-corrected chi connectivity index (χ1v) is 6.35. The molecule has 0 aliphatic heterocycles. The molecule has 0 aromatic heterocycles. The molecule has 0 bridgehead atoms. The Hall–Kier alpha value is -0.890. The van der Waals surface area contributed by atoms with Crippen molar-refractivity contribution >= 4 is 11.6 Å². The molecular weight excluding hydrogens is 236 g/mol. The molecule has 2 nitrogen and oxygen atoms in total. The highest BCUT2D eigenvalue weighted by Crippen LogP contribution is 2.29. The molecule has 96 valence electrons. The summed E-state index contributed by atoms with van der Waals surface area (Å²) in [5.74, 6) is 2.02. The SMILES string of the molecule is COc1ccc(CCl)cc1OCCC(C)(C)C. The van der Waals surface area contributed by atoms with Crippen LogP contribution < -0.4 is 9.47 Å². The van der Waals surface area contributed by atoms with Gasteiger partial charge in [0.2, 0.25) is 0 Å². The van der Waals surface area contributed by atoms with Crippen molar-refractivity contribution in [3.05, 3.63) is 23.8 Å². The second-order valence-corrected chi connectivity index (χ2v) is 5.55. The summed E-state index contributed by atoms with van der Waals surface area (Å²) in [7, 11) is 1.65. The second-order valence-electron chi connectivity index (χ2n) is 5.28. The van der Waals surface area contributed by atoms with Crippen LogP contribution in [0.25, 0.3) is 0 Å². The van der Waals surface area contributed by atoms with Crippen LogP contribution in [0.2, 0.25) is 0 Å². The Kier molecular flexibility index (Phi) is 5.13. The van der Waals surface area contributed by atoms with Crippen LogP contribution in [-0.4, -0.2) is 13.7 Å². The summed E-state index contributed by atoms with van der Waals surface area (Å²) in [4.78, 5) is 0. The highest BCUT2D eigenvalue weighted by molar-refractivity contribution is 6.17. The molecule has 1 aromatic rings. The Morgan fingerprint density at radius 2 is 1.88 bits per heavy atom. The second kappa shape index (κ2) is 6.15. The van der Waals surface area contributed by atoms with Gasteiger partial charge < -0.3 is 9.47 Å². The average molecular weight is 257 g/mol. The summed E-state index contributed by atoms with van der Waals surface area (Å²) in [6, 6.07) is 5.78. The van der Waals surface area contributed by atoms with E-state index in [-0.39, 0.29) is 5.41 Å². The van der Waals surface area contributed by atoms with E-state index >= 15 is 0 Å². The minimum absolute atomic E-state index is 0.275. The molecule has 0 atom stereocenters. The van der Waals surface area contributed by atoms with Crippen molar-refractivity contribution in [3.63, 3.8) is 0 Å². The van der Waals surface area contributed by atoms with E-state index in [9.17, 15) is 0 Å². The Morgan fingerprint density at radius 1 is 1.18 bits per heavy atom. The van der Waals surface area contributed by atoms with Gasteiger partial charge in [0.1, 0.15) is 0 Å². The van der Waals surface area contributed by atoms with E-state index in [1.54, 1.807) is 7.11 Å². The van der Waals surface area contributed by atoms with E-state index in [2.05, 4.69) is 20.8 Å². The summed E-state index contributed by atoms with van der Waals surface area (Å²) in [6.07, 6.45) is 1.00. The molecule has 0 amide bonds. The van der Waals surface area contributed by atoms with E-state index in [0.717, 1.165) is 23.5 Å². The fourth-order valence-electron chi connectivity index (χ4n) is 1.38. The van der Waals surface area contributed by atoms with E-state index in [1.807, 2.05) is 18.2 Å². The van der Waals surface area contributed by atoms with Gasteiger partial charge in [-0.3, -0.25) is 0 Å². The van der Waals surface area contributed by atoms with Gasteiger partial charge in [0.25, 0.3) is 0 Å². The number of alkyl halides is 1. The fourth-order valence-corrected chi connectivity index (χ4v) is 1.55. The number of halogens is 1. The maximum absolute atomic E-state index is 5.80. The lowest BCUT2D eigenvalue weighted by Crippen LogP contribution is -2.11. The van der Waals surface area contributed by atoms with Gasteiger partial charge in [0, 0.05) is 5.88 Å². The van der Waals surface area contributed by atoms with Crippen molar-refractivity contribution < 1.29 is 9.47 Å². The third kappa shape index (κ3) is 4.86. The summed E-state index contributed by atoms with van der Waals surface area (Å²) < 4.78 is 11.0. The summed E-state index contributed by atoms with van der Waals surface area (Å²) in [5, 5.41) is 0. The minimum atomic E-state index is 0.275. The van der Waals surface area contributed by atoms with E-state index in [0.29, 0.717) is 12.5 Å². The predicted molar refractivity (Wildman–Crippen MR) is 72.1 cm³/mol. The Labute approximate surface area is 109 Å². The lowest BCUT2D eigenvalue weighted by atomic mass is 9.93. The molecule has 0 fully saturated rings. The van der Waals surface area contributed by atoms with Crippen molar-refractivity contribution in [3.8, 4) is 11.5 Å². The van der Waals surface area contributed by atoms with Gasteiger partial charge in [0.05, 0.1) is 13.7 Å². The molecule has 0 aliphatic rings. The maximum Gasteiger partial charge on any atom is 0.161 e. The minimum Gasteiger partial charge on any atom is -0.493 e. The van der Waals surface area contributed by atoms with Crippen molar-refractivity contribution in [1.82, 2.24) is 0 Å². The van der Waals surface area contributed by atoms with Crippen LogP contribution in [0.1, 0.15) is 32.8 Å². The third-order valence-electron chi connectivity index (χ3n) is 2.49. The van der Waals surface area contributed by atoms with E-state index in [1.165, 1.54) is 0 Å². The Bertz CT molecular complexity index is 356. The van der Waals surface area contributed by atoms with Crippen molar-refractivity contribution in [2.24, 2.45) is 5.41 Å². The van der Waals surface area contributed by atoms with Crippen LogP contribution in [0.5, 0.6) is 11.5 Å². The highest BCUT2D eigenvalue weighted by atomic mass is 35.5. The monoisotopic (exact) mass is 256 g/mol. The molecular formula is C14H21ClO2. The van der Waals surface area contributed by atoms with Crippen molar-refractivity contribution in [2.45, 2.75) is 33.1 Å². The molecule has 0 N–H and O–H groups in total. The van der Waals surface area contributed by atoms with Crippen molar-refractivity contribution in [2.75, 3.05) is 13.7 Å². The van der Waals surface area contributed by atoms with Crippen LogP contribution in [0.15, 0.2) is 18.2 Å². The summed E-state index contributed by atoms with van der Waals surface area (Å²) in [5.41, 5.74) is 1.32. The zero-order chi connectivity index (χ0) is 12.9.